The molecule has 2 aromatic heterocycles. The number of carbonyl (C=O) groups excluding carboxylic acids is 2. The van der Waals surface area contributed by atoms with Crippen LogP contribution in [0, 0.1) is 0 Å². The largest absolute Gasteiger partial charge is 0.351 e. The van der Waals surface area contributed by atoms with Crippen molar-refractivity contribution in [2.75, 3.05) is 13.6 Å². The third kappa shape index (κ3) is 4.26. The van der Waals surface area contributed by atoms with Gasteiger partial charge in [0.05, 0.1) is 5.69 Å². The Labute approximate surface area is 192 Å². The summed E-state index contributed by atoms with van der Waals surface area (Å²) in [4.78, 5) is 36.9. The monoisotopic (exact) mass is 501 g/mol. The van der Waals surface area contributed by atoms with Crippen LogP contribution in [-0.4, -0.2) is 52.4 Å². The van der Waals surface area contributed by atoms with E-state index in [1.54, 1.807) is 0 Å². The van der Waals surface area contributed by atoms with Gasteiger partial charge in [-0.05, 0) is 50.6 Å². The molecule has 5 rings (SSSR count). The van der Waals surface area contributed by atoms with E-state index in [0.29, 0.717) is 10.7 Å². The zero-order chi connectivity index (χ0) is 21.5. The van der Waals surface area contributed by atoms with Crippen molar-refractivity contribution < 1.29 is 9.59 Å². The summed E-state index contributed by atoms with van der Waals surface area (Å²) in [7, 11) is 2.08. The average Bonchev–Trinajstić information content (AvgIpc) is 3.45. The second-order valence-corrected chi connectivity index (χ2v) is 10.4. The minimum Gasteiger partial charge on any atom is -0.351 e. The summed E-state index contributed by atoms with van der Waals surface area (Å²) in [5, 5.41) is 7.74. The van der Waals surface area contributed by atoms with Crippen molar-refractivity contribution in [3.8, 4) is 0 Å². The fourth-order valence-corrected chi connectivity index (χ4v) is 5.90. The van der Waals surface area contributed by atoms with Gasteiger partial charge in [0, 0.05) is 51.8 Å². The molecular formula is C22H24BrN5O2S. The van der Waals surface area contributed by atoms with Crippen molar-refractivity contribution in [2.45, 2.75) is 44.3 Å². The number of nitrogens with zero attached hydrogens (tertiary/aromatic N) is 2. The molecule has 2 amide bonds. The Morgan fingerprint density at radius 1 is 1.19 bits per heavy atom. The summed E-state index contributed by atoms with van der Waals surface area (Å²) in [5.74, 6) is -0.283. The van der Waals surface area contributed by atoms with Gasteiger partial charge in [0.15, 0.2) is 5.01 Å². The maximum atomic E-state index is 12.9. The molecule has 2 aliphatic rings. The number of hydrogen-bond donors (Lipinski definition) is 3. The van der Waals surface area contributed by atoms with Crippen LogP contribution in [-0.2, 0) is 13.0 Å². The van der Waals surface area contributed by atoms with Crippen molar-refractivity contribution in [2.24, 2.45) is 0 Å². The number of halogens is 1. The molecule has 0 unspecified atom stereocenters. The van der Waals surface area contributed by atoms with Gasteiger partial charge in [-0.25, -0.2) is 4.98 Å². The van der Waals surface area contributed by atoms with Crippen LogP contribution in [0.1, 0.15) is 50.1 Å². The lowest BCUT2D eigenvalue weighted by Crippen LogP contribution is -2.48. The van der Waals surface area contributed by atoms with E-state index in [1.807, 2.05) is 24.3 Å². The van der Waals surface area contributed by atoms with Gasteiger partial charge in [-0.2, -0.15) is 0 Å². The van der Waals surface area contributed by atoms with E-state index >= 15 is 0 Å². The number of hydrogen-bond acceptors (Lipinski definition) is 5. The molecule has 31 heavy (non-hydrogen) atoms. The first-order valence-corrected chi connectivity index (χ1v) is 12.1. The summed E-state index contributed by atoms with van der Waals surface area (Å²) in [6.07, 6.45) is 3.55. The van der Waals surface area contributed by atoms with E-state index < -0.39 is 0 Å². The quantitative estimate of drug-likeness (QED) is 0.510. The smallest absolute Gasteiger partial charge is 0.280 e. The molecule has 1 fully saturated rings. The number of thiazole rings is 1. The number of amides is 2. The summed E-state index contributed by atoms with van der Waals surface area (Å²) in [6, 6.07) is 7.55. The lowest BCUT2D eigenvalue weighted by Gasteiger charge is -2.21. The maximum absolute atomic E-state index is 12.9. The maximum Gasteiger partial charge on any atom is 0.280 e. The Hall–Kier alpha value is -2.23. The highest BCUT2D eigenvalue weighted by atomic mass is 79.9. The van der Waals surface area contributed by atoms with Gasteiger partial charge in [-0.15, -0.1) is 11.3 Å². The number of nitrogens with one attached hydrogen (secondary N) is 3. The first-order chi connectivity index (χ1) is 15.0. The Bertz CT molecular complexity index is 1160. The topological polar surface area (TPSA) is 90.1 Å². The van der Waals surface area contributed by atoms with Crippen molar-refractivity contribution in [1.29, 1.82) is 0 Å². The van der Waals surface area contributed by atoms with Gasteiger partial charge in [-0.3, -0.25) is 9.59 Å². The van der Waals surface area contributed by atoms with Crippen molar-refractivity contribution in [1.82, 2.24) is 25.5 Å². The van der Waals surface area contributed by atoms with E-state index in [4.69, 9.17) is 0 Å². The molecule has 162 valence electrons. The standard InChI is InChI=1S/C22H24BrN5O2S/c1-28-8-7-17-19(11-28)31-22(27-17)21(30)26-16-4-2-3-15(16)25-20(29)18-10-12-9-13(23)5-6-14(12)24-18/h5-6,9-10,15-16,24H,2-4,7-8,11H2,1H3,(H,25,29)(H,26,30)/t15-,16-/m1/s1. The second-order valence-electron chi connectivity index (χ2n) is 8.38. The molecule has 3 heterocycles. The molecular weight excluding hydrogens is 478 g/mol. The first kappa shape index (κ1) is 20.7. The predicted octanol–water partition coefficient (Wildman–Crippen LogP) is 3.46. The Morgan fingerprint density at radius 3 is 2.77 bits per heavy atom. The molecule has 0 spiro atoms. The van der Waals surface area contributed by atoms with Crippen LogP contribution in [0.25, 0.3) is 10.9 Å². The summed E-state index contributed by atoms with van der Waals surface area (Å²) < 4.78 is 0.972. The Balaban J connectivity index is 1.25. The molecule has 1 saturated carbocycles. The summed E-state index contributed by atoms with van der Waals surface area (Å²) >= 11 is 4.94. The van der Waals surface area contributed by atoms with Gasteiger partial charge in [-0.1, -0.05) is 15.9 Å². The molecule has 1 aromatic carbocycles. The van der Waals surface area contributed by atoms with Gasteiger partial charge in [0.2, 0.25) is 0 Å². The Kier molecular flexibility index (Phi) is 5.58. The number of fused-ring (bicyclic) bond motifs is 2. The molecule has 3 aromatic rings. The SMILES string of the molecule is CN1CCc2nc(C(=O)N[C@@H]3CCC[C@H]3NC(=O)c3cc4cc(Br)ccc4[nH]3)sc2C1. The highest BCUT2D eigenvalue weighted by molar-refractivity contribution is 9.10. The van der Waals surface area contributed by atoms with E-state index in [-0.39, 0.29) is 23.9 Å². The zero-order valence-electron chi connectivity index (χ0n) is 17.2. The van der Waals surface area contributed by atoms with Gasteiger partial charge < -0.3 is 20.5 Å². The number of likely N-dealkylation sites (N-methyl/N-ethyl adjacent to an activating group) is 1. The molecule has 1 aliphatic heterocycles. The third-order valence-electron chi connectivity index (χ3n) is 6.09. The van der Waals surface area contributed by atoms with Gasteiger partial charge in [0.1, 0.15) is 5.69 Å². The minimum atomic E-state index is -0.147. The lowest BCUT2D eigenvalue weighted by atomic mass is 10.1. The average molecular weight is 502 g/mol. The highest BCUT2D eigenvalue weighted by Gasteiger charge is 2.32. The molecule has 9 heteroatoms. The van der Waals surface area contributed by atoms with Crippen molar-refractivity contribution in [3.63, 3.8) is 0 Å². The van der Waals surface area contributed by atoms with Crippen LogP contribution < -0.4 is 10.6 Å². The normalized spacial score (nSPS) is 21.2. The summed E-state index contributed by atoms with van der Waals surface area (Å²) in [6.45, 7) is 1.82. The molecule has 0 radical (unpaired) electrons. The summed E-state index contributed by atoms with van der Waals surface area (Å²) in [5.41, 5.74) is 2.50. The Morgan fingerprint density at radius 2 is 1.97 bits per heavy atom. The predicted molar refractivity (Wildman–Crippen MR) is 125 cm³/mol. The lowest BCUT2D eigenvalue weighted by molar-refractivity contribution is 0.0889. The van der Waals surface area contributed by atoms with Crippen molar-refractivity contribution >= 4 is 50.0 Å². The van der Waals surface area contributed by atoms with Crippen LogP contribution in [0.15, 0.2) is 28.7 Å². The molecule has 7 nitrogen and oxygen atoms in total. The zero-order valence-corrected chi connectivity index (χ0v) is 19.6. The first-order valence-electron chi connectivity index (χ1n) is 10.5. The highest BCUT2D eigenvalue weighted by Crippen LogP contribution is 2.26. The molecule has 3 N–H and O–H groups in total. The van der Waals surface area contributed by atoms with Crippen LogP contribution in [0.4, 0.5) is 0 Å². The van der Waals surface area contributed by atoms with E-state index in [9.17, 15) is 9.59 Å². The third-order valence-corrected chi connectivity index (χ3v) is 7.67. The number of H-pyrrole nitrogens is 1. The molecule has 1 aliphatic carbocycles. The van der Waals surface area contributed by atoms with E-state index in [2.05, 4.69) is 48.5 Å². The minimum absolute atomic E-state index is 0.0847. The van der Waals surface area contributed by atoms with Crippen LogP contribution in [0.2, 0.25) is 0 Å². The molecule has 0 bridgehead atoms. The van der Waals surface area contributed by atoms with Crippen LogP contribution in [0.3, 0.4) is 0 Å². The number of carbonyl (C=O) groups is 2. The fourth-order valence-electron chi connectivity index (χ4n) is 4.43. The van der Waals surface area contributed by atoms with Gasteiger partial charge in [0.25, 0.3) is 11.8 Å². The second kappa shape index (κ2) is 8.37. The number of aromatic amines is 1. The van der Waals surface area contributed by atoms with E-state index in [1.165, 1.54) is 16.2 Å². The number of rotatable bonds is 4. The van der Waals surface area contributed by atoms with Crippen LogP contribution >= 0.6 is 27.3 Å². The molecule has 0 saturated heterocycles. The fraction of sp³-hybridized carbons (Fsp3) is 0.409. The van der Waals surface area contributed by atoms with E-state index in [0.717, 1.165) is 59.8 Å². The number of benzene rings is 1. The molecule has 2 atom stereocenters. The van der Waals surface area contributed by atoms with Crippen LogP contribution in [0.5, 0.6) is 0 Å². The van der Waals surface area contributed by atoms with Gasteiger partial charge >= 0.3 is 0 Å². The van der Waals surface area contributed by atoms with Crippen molar-refractivity contribution in [3.05, 3.63) is 50.0 Å². The number of aromatic nitrogens is 2.